The molecule has 27 heavy (non-hydrogen) atoms. The van der Waals surface area contributed by atoms with Crippen LogP contribution in [0, 0.1) is 20.8 Å². The maximum absolute atomic E-state index is 12.9. The highest BCUT2D eigenvalue weighted by Gasteiger charge is 2.13. The van der Waals surface area contributed by atoms with E-state index in [2.05, 4.69) is 35.3 Å². The van der Waals surface area contributed by atoms with E-state index in [0.29, 0.717) is 5.65 Å². The molecule has 2 aromatic heterocycles. The quantitative estimate of drug-likeness (QED) is 0.503. The molecule has 0 aliphatic rings. The Morgan fingerprint density at radius 3 is 2.44 bits per heavy atom. The van der Waals surface area contributed by atoms with Gasteiger partial charge in [0.15, 0.2) is 5.16 Å². The molecule has 0 fully saturated rings. The molecule has 0 spiro atoms. The largest absolute Gasteiger partial charge is 0.300 e. The van der Waals surface area contributed by atoms with Crippen molar-refractivity contribution in [2.75, 3.05) is 0 Å². The molecular weight excluding hydrogens is 356 g/mol. The molecule has 0 amide bonds. The molecule has 2 heterocycles. The van der Waals surface area contributed by atoms with E-state index in [1.54, 1.807) is 26.9 Å². The lowest BCUT2D eigenvalue weighted by Crippen LogP contribution is -2.20. The van der Waals surface area contributed by atoms with Gasteiger partial charge in [-0.3, -0.25) is 13.8 Å². The molecule has 0 aliphatic heterocycles. The van der Waals surface area contributed by atoms with Crippen LogP contribution in [-0.4, -0.2) is 19.2 Å². The average Bonchev–Trinajstić information content (AvgIpc) is 3.04. The third-order valence-corrected chi connectivity index (χ3v) is 5.53. The highest BCUT2D eigenvalue weighted by molar-refractivity contribution is 7.98. The third kappa shape index (κ3) is 3.40. The molecule has 5 nitrogen and oxygen atoms in total. The Kier molecular flexibility index (Phi) is 4.58. The van der Waals surface area contributed by atoms with Crippen molar-refractivity contribution < 1.29 is 0 Å². The summed E-state index contributed by atoms with van der Waals surface area (Å²) in [4.78, 5) is 12.9. The van der Waals surface area contributed by atoms with Crippen molar-refractivity contribution in [3.63, 3.8) is 0 Å². The second-order valence-corrected chi connectivity index (χ2v) is 7.65. The summed E-state index contributed by atoms with van der Waals surface area (Å²) in [5.74, 6) is 0.785. The second kappa shape index (κ2) is 7.04. The zero-order chi connectivity index (χ0) is 19.0. The summed E-state index contributed by atoms with van der Waals surface area (Å²) in [7, 11) is 0. The van der Waals surface area contributed by atoms with Crippen LogP contribution in [0.1, 0.15) is 22.3 Å². The molecule has 6 heteroatoms. The van der Waals surface area contributed by atoms with Gasteiger partial charge in [0.05, 0.1) is 0 Å². The van der Waals surface area contributed by atoms with Gasteiger partial charge in [0.1, 0.15) is 0 Å². The van der Waals surface area contributed by atoms with E-state index in [-0.39, 0.29) is 5.56 Å². The van der Waals surface area contributed by atoms with Gasteiger partial charge in [-0.25, -0.2) is 0 Å². The summed E-state index contributed by atoms with van der Waals surface area (Å²) in [6, 6.07) is 14.4. The summed E-state index contributed by atoms with van der Waals surface area (Å²) in [6.45, 7) is 6.15. The molecule has 0 radical (unpaired) electrons. The maximum Gasteiger partial charge on any atom is 0.300 e. The fourth-order valence-corrected chi connectivity index (χ4v) is 4.17. The van der Waals surface area contributed by atoms with E-state index in [0.717, 1.165) is 27.7 Å². The molecule has 4 rings (SSSR count). The Labute approximate surface area is 161 Å². The second-order valence-electron chi connectivity index (χ2n) is 6.71. The Bertz CT molecular complexity index is 1170. The van der Waals surface area contributed by atoms with Crippen LogP contribution < -0.4 is 5.56 Å². The van der Waals surface area contributed by atoms with Crippen LogP contribution in [-0.2, 0) is 5.75 Å². The molecule has 0 bridgehead atoms. The van der Waals surface area contributed by atoms with Gasteiger partial charge in [0.25, 0.3) is 0 Å². The molecule has 2 aromatic carbocycles. The first-order valence-electron chi connectivity index (χ1n) is 8.75. The lowest BCUT2D eigenvalue weighted by atomic mass is 10.1. The van der Waals surface area contributed by atoms with Crippen molar-refractivity contribution in [3.05, 3.63) is 87.5 Å². The lowest BCUT2D eigenvalue weighted by Gasteiger charge is -2.09. The van der Waals surface area contributed by atoms with Crippen LogP contribution in [0.2, 0.25) is 0 Å². The monoisotopic (exact) mass is 376 g/mol. The smallest absolute Gasteiger partial charge is 0.280 e. The van der Waals surface area contributed by atoms with Crippen LogP contribution in [0.5, 0.6) is 0 Å². The first-order chi connectivity index (χ1) is 13.0. The minimum Gasteiger partial charge on any atom is -0.280 e. The minimum absolute atomic E-state index is 0.169. The van der Waals surface area contributed by atoms with Crippen molar-refractivity contribution >= 4 is 17.4 Å². The molecule has 0 atom stereocenters. The van der Waals surface area contributed by atoms with E-state index >= 15 is 0 Å². The number of fused-ring (bicyclic) bond motifs is 1. The fraction of sp³-hybridized carbons (Fsp3) is 0.190. The zero-order valence-electron chi connectivity index (χ0n) is 15.5. The van der Waals surface area contributed by atoms with Gasteiger partial charge in [0, 0.05) is 23.8 Å². The van der Waals surface area contributed by atoms with E-state index in [9.17, 15) is 4.79 Å². The van der Waals surface area contributed by atoms with Crippen molar-refractivity contribution in [2.24, 2.45) is 0 Å². The van der Waals surface area contributed by atoms with Gasteiger partial charge in [-0.2, -0.15) is 0 Å². The van der Waals surface area contributed by atoms with Gasteiger partial charge in [-0.05, 0) is 55.2 Å². The molecule has 0 N–H and O–H groups in total. The average molecular weight is 376 g/mol. The predicted molar refractivity (Wildman–Crippen MR) is 109 cm³/mol. The highest BCUT2D eigenvalue weighted by Crippen LogP contribution is 2.23. The van der Waals surface area contributed by atoms with Crippen LogP contribution in [0.25, 0.3) is 11.3 Å². The van der Waals surface area contributed by atoms with E-state index < -0.39 is 0 Å². The molecule has 0 saturated heterocycles. The number of aryl methyl sites for hydroxylation is 3. The molecular formula is C21H20N4OS. The standard InChI is InChI=1S/C21H20N4OS/c1-14-10-15(2)12-18(11-14)24-8-9-25-19(20(24)26)22-23-21(25)27-13-17-7-5-4-6-16(17)3/h4-12H,13H2,1-3H3. The van der Waals surface area contributed by atoms with Gasteiger partial charge >= 0.3 is 5.56 Å². The number of hydrogen-bond donors (Lipinski definition) is 0. The highest BCUT2D eigenvalue weighted by atomic mass is 32.2. The maximum atomic E-state index is 12.9. The van der Waals surface area contributed by atoms with Gasteiger partial charge in [-0.15, -0.1) is 10.2 Å². The van der Waals surface area contributed by atoms with E-state index in [1.165, 1.54) is 11.1 Å². The number of nitrogens with zero attached hydrogens (tertiary/aromatic N) is 4. The van der Waals surface area contributed by atoms with Crippen molar-refractivity contribution in [3.8, 4) is 5.69 Å². The first kappa shape index (κ1) is 17.5. The van der Waals surface area contributed by atoms with Gasteiger partial charge in [-0.1, -0.05) is 42.1 Å². The van der Waals surface area contributed by atoms with Crippen LogP contribution in [0.15, 0.2) is 64.8 Å². The van der Waals surface area contributed by atoms with Crippen molar-refractivity contribution in [1.82, 2.24) is 19.2 Å². The van der Waals surface area contributed by atoms with Crippen molar-refractivity contribution in [1.29, 1.82) is 0 Å². The number of rotatable bonds is 4. The molecule has 4 aromatic rings. The minimum atomic E-state index is -0.169. The Hall–Kier alpha value is -2.86. The number of aromatic nitrogens is 4. The topological polar surface area (TPSA) is 52.2 Å². The number of benzene rings is 2. The van der Waals surface area contributed by atoms with Gasteiger partial charge in [0.2, 0.25) is 5.65 Å². The summed E-state index contributed by atoms with van der Waals surface area (Å²) in [5, 5.41) is 9.10. The summed E-state index contributed by atoms with van der Waals surface area (Å²) in [6.07, 6.45) is 3.64. The van der Waals surface area contributed by atoms with Gasteiger partial charge < -0.3 is 0 Å². The molecule has 0 aliphatic carbocycles. The lowest BCUT2D eigenvalue weighted by molar-refractivity contribution is 0.892. The summed E-state index contributed by atoms with van der Waals surface area (Å²) >= 11 is 1.58. The fourth-order valence-electron chi connectivity index (χ4n) is 3.17. The normalized spacial score (nSPS) is 11.2. The SMILES string of the molecule is Cc1cc(C)cc(-n2ccn3c(SCc4ccccc4C)nnc3c2=O)c1. The molecule has 0 saturated carbocycles. The van der Waals surface area contributed by atoms with Crippen LogP contribution >= 0.6 is 11.8 Å². The summed E-state index contributed by atoms with van der Waals surface area (Å²) < 4.78 is 3.39. The van der Waals surface area contributed by atoms with Crippen molar-refractivity contribution in [2.45, 2.75) is 31.7 Å². The third-order valence-electron chi connectivity index (χ3n) is 4.54. The zero-order valence-corrected chi connectivity index (χ0v) is 16.3. The van der Waals surface area contributed by atoms with E-state index in [4.69, 9.17) is 0 Å². The Morgan fingerprint density at radius 2 is 1.70 bits per heavy atom. The van der Waals surface area contributed by atoms with Crippen LogP contribution in [0.4, 0.5) is 0 Å². The Morgan fingerprint density at radius 1 is 0.963 bits per heavy atom. The molecule has 136 valence electrons. The Balaban J connectivity index is 1.69. The number of thioether (sulfide) groups is 1. The number of hydrogen-bond acceptors (Lipinski definition) is 4. The summed E-state index contributed by atoms with van der Waals surface area (Å²) in [5.41, 5.74) is 5.75. The van der Waals surface area contributed by atoms with Crippen LogP contribution in [0.3, 0.4) is 0 Å². The molecule has 0 unspecified atom stereocenters. The van der Waals surface area contributed by atoms with E-state index in [1.807, 2.05) is 44.3 Å². The first-order valence-corrected chi connectivity index (χ1v) is 9.74. The predicted octanol–water partition coefficient (Wildman–Crippen LogP) is 4.10.